The highest BCUT2D eigenvalue weighted by molar-refractivity contribution is 5.78. The number of carbonyl (C=O) groups is 1. The number of rotatable bonds is 8. The molecule has 0 bridgehead atoms. The van der Waals surface area contributed by atoms with Crippen LogP contribution in [-0.2, 0) is 16.0 Å². The zero-order valence-electron chi connectivity index (χ0n) is 12.9. The van der Waals surface area contributed by atoms with Gasteiger partial charge in [0.25, 0.3) is 0 Å². The predicted molar refractivity (Wildman–Crippen MR) is 80.0 cm³/mol. The van der Waals surface area contributed by atoms with Gasteiger partial charge in [-0.25, -0.2) is 0 Å². The number of carbonyl (C=O) groups excluding carboxylic acids is 1. The third-order valence-corrected chi connectivity index (χ3v) is 2.99. The average Bonchev–Trinajstić information content (AvgIpc) is 2.43. The second kappa shape index (κ2) is 8.59. The maximum atomic E-state index is 12.4. The molecular weight excluding hydrogens is 254 g/mol. The molecule has 0 saturated heterocycles. The monoisotopic (exact) mass is 279 g/mol. The van der Waals surface area contributed by atoms with E-state index < -0.39 is 0 Å². The minimum absolute atomic E-state index is 0.129. The Bertz CT molecular complexity index is 418. The van der Waals surface area contributed by atoms with E-state index in [1.165, 1.54) is 0 Å². The topological polar surface area (TPSA) is 38.8 Å². The van der Waals surface area contributed by atoms with Crippen LogP contribution in [0.5, 0.6) is 5.75 Å². The Morgan fingerprint density at radius 2 is 2.05 bits per heavy atom. The molecule has 0 atom stereocenters. The molecule has 0 N–H and O–H groups in total. The standard InChI is InChI=1S/C16H25NO3/c1-13(2)12-17(8-9-19-3)16(18)11-14-6-5-7-15(10-14)20-4/h5-7,10,13H,8-9,11-12H2,1-4H3. The first kappa shape index (κ1) is 16.5. The van der Waals surface area contributed by atoms with Crippen molar-refractivity contribution in [3.63, 3.8) is 0 Å². The van der Waals surface area contributed by atoms with Gasteiger partial charge < -0.3 is 14.4 Å². The van der Waals surface area contributed by atoms with Crippen molar-refractivity contribution in [2.75, 3.05) is 33.9 Å². The lowest BCUT2D eigenvalue weighted by Crippen LogP contribution is -2.37. The van der Waals surface area contributed by atoms with E-state index in [1.54, 1.807) is 14.2 Å². The first-order valence-electron chi connectivity index (χ1n) is 6.96. The number of hydrogen-bond acceptors (Lipinski definition) is 3. The van der Waals surface area contributed by atoms with E-state index in [4.69, 9.17) is 9.47 Å². The van der Waals surface area contributed by atoms with Crippen LogP contribution in [0, 0.1) is 5.92 Å². The van der Waals surface area contributed by atoms with E-state index in [1.807, 2.05) is 29.2 Å². The van der Waals surface area contributed by atoms with Crippen molar-refractivity contribution >= 4 is 5.91 Å². The third-order valence-electron chi connectivity index (χ3n) is 2.99. The molecule has 0 aliphatic rings. The lowest BCUT2D eigenvalue weighted by atomic mass is 10.1. The second-order valence-electron chi connectivity index (χ2n) is 5.25. The minimum Gasteiger partial charge on any atom is -0.497 e. The van der Waals surface area contributed by atoms with Crippen molar-refractivity contribution < 1.29 is 14.3 Å². The van der Waals surface area contributed by atoms with Crippen LogP contribution >= 0.6 is 0 Å². The molecule has 0 saturated carbocycles. The van der Waals surface area contributed by atoms with Crippen LogP contribution in [0.3, 0.4) is 0 Å². The third kappa shape index (κ3) is 5.61. The van der Waals surface area contributed by atoms with Gasteiger partial charge in [-0.1, -0.05) is 26.0 Å². The molecule has 4 heteroatoms. The number of benzene rings is 1. The van der Waals surface area contributed by atoms with Gasteiger partial charge in [-0.05, 0) is 23.6 Å². The van der Waals surface area contributed by atoms with Crippen LogP contribution in [0.1, 0.15) is 19.4 Å². The van der Waals surface area contributed by atoms with Crippen molar-refractivity contribution in [2.24, 2.45) is 5.92 Å². The van der Waals surface area contributed by atoms with Crippen LogP contribution < -0.4 is 4.74 Å². The molecule has 1 rings (SSSR count). The van der Waals surface area contributed by atoms with Gasteiger partial charge in [0.1, 0.15) is 5.75 Å². The molecule has 112 valence electrons. The van der Waals surface area contributed by atoms with Crippen LogP contribution in [0.4, 0.5) is 0 Å². The van der Waals surface area contributed by atoms with Gasteiger partial charge in [0.2, 0.25) is 5.91 Å². The van der Waals surface area contributed by atoms with E-state index in [-0.39, 0.29) is 5.91 Å². The summed E-state index contributed by atoms with van der Waals surface area (Å²) in [4.78, 5) is 14.3. The summed E-state index contributed by atoms with van der Waals surface area (Å²) in [5, 5.41) is 0. The van der Waals surface area contributed by atoms with Crippen LogP contribution in [0.2, 0.25) is 0 Å². The summed E-state index contributed by atoms with van der Waals surface area (Å²) in [6.45, 7) is 6.18. The molecule has 1 aromatic rings. The Labute approximate surface area is 121 Å². The van der Waals surface area contributed by atoms with Crippen molar-refractivity contribution in [3.05, 3.63) is 29.8 Å². The molecule has 1 aromatic carbocycles. The maximum Gasteiger partial charge on any atom is 0.227 e. The zero-order chi connectivity index (χ0) is 15.0. The van der Waals surface area contributed by atoms with Crippen LogP contribution in [0.25, 0.3) is 0 Å². The summed E-state index contributed by atoms with van der Waals surface area (Å²) in [7, 11) is 3.28. The van der Waals surface area contributed by atoms with Gasteiger partial charge in [-0.15, -0.1) is 0 Å². The fourth-order valence-electron chi connectivity index (χ4n) is 2.03. The van der Waals surface area contributed by atoms with E-state index >= 15 is 0 Å². The number of nitrogens with zero attached hydrogens (tertiary/aromatic N) is 1. The number of ether oxygens (including phenoxy) is 2. The molecule has 1 amide bonds. The SMILES string of the molecule is COCCN(CC(C)C)C(=O)Cc1cccc(OC)c1. The van der Waals surface area contributed by atoms with E-state index in [2.05, 4.69) is 13.8 Å². The van der Waals surface area contributed by atoms with Crippen LogP contribution in [0.15, 0.2) is 24.3 Å². The van der Waals surface area contributed by atoms with Gasteiger partial charge >= 0.3 is 0 Å². The Kier molecular flexibility index (Phi) is 7.09. The molecule has 4 nitrogen and oxygen atoms in total. The highest BCUT2D eigenvalue weighted by Crippen LogP contribution is 2.14. The summed E-state index contributed by atoms with van der Waals surface area (Å²) < 4.78 is 10.3. The zero-order valence-corrected chi connectivity index (χ0v) is 12.9. The van der Waals surface area contributed by atoms with Gasteiger partial charge in [0.15, 0.2) is 0 Å². The molecule has 0 aromatic heterocycles. The highest BCUT2D eigenvalue weighted by atomic mass is 16.5. The largest absolute Gasteiger partial charge is 0.497 e. The van der Waals surface area contributed by atoms with Crippen molar-refractivity contribution in [3.8, 4) is 5.75 Å². The maximum absolute atomic E-state index is 12.4. The first-order valence-corrected chi connectivity index (χ1v) is 6.96. The van der Waals surface area contributed by atoms with E-state index in [9.17, 15) is 4.79 Å². The average molecular weight is 279 g/mol. The van der Waals surface area contributed by atoms with E-state index in [0.717, 1.165) is 17.9 Å². The molecule has 0 aliphatic carbocycles. The molecule has 0 unspecified atom stereocenters. The van der Waals surface area contributed by atoms with Crippen molar-refractivity contribution in [2.45, 2.75) is 20.3 Å². The lowest BCUT2D eigenvalue weighted by molar-refractivity contribution is -0.131. The van der Waals surface area contributed by atoms with Crippen molar-refractivity contribution in [1.82, 2.24) is 4.90 Å². The number of hydrogen-bond donors (Lipinski definition) is 0. The fraction of sp³-hybridized carbons (Fsp3) is 0.562. The lowest BCUT2D eigenvalue weighted by Gasteiger charge is -2.24. The Hall–Kier alpha value is -1.55. The molecule has 0 radical (unpaired) electrons. The fourth-order valence-corrected chi connectivity index (χ4v) is 2.03. The Morgan fingerprint density at radius 3 is 2.65 bits per heavy atom. The van der Waals surface area contributed by atoms with Gasteiger partial charge in [0, 0.05) is 20.2 Å². The summed E-state index contributed by atoms with van der Waals surface area (Å²) in [5.74, 6) is 1.35. The second-order valence-corrected chi connectivity index (χ2v) is 5.25. The molecule has 0 fully saturated rings. The summed E-state index contributed by atoms with van der Waals surface area (Å²) in [5.41, 5.74) is 0.973. The Balaban J connectivity index is 2.68. The molecule has 0 heterocycles. The molecule has 0 aliphatic heterocycles. The highest BCUT2D eigenvalue weighted by Gasteiger charge is 2.15. The van der Waals surface area contributed by atoms with Gasteiger partial charge in [-0.3, -0.25) is 4.79 Å². The summed E-state index contributed by atoms with van der Waals surface area (Å²) in [6.07, 6.45) is 0.396. The minimum atomic E-state index is 0.129. The Morgan fingerprint density at radius 1 is 1.30 bits per heavy atom. The normalized spacial score (nSPS) is 10.7. The molecular formula is C16H25NO3. The summed E-state index contributed by atoms with van der Waals surface area (Å²) >= 11 is 0. The number of methoxy groups -OCH3 is 2. The first-order chi connectivity index (χ1) is 9.56. The van der Waals surface area contributed by atoms with Gasteiger partial charge in [0.05, 0.1) is 20.1 Å². The predicted octanol–water partition coefficient (Wildman–Crippen LogP) is 2.37. The summed E-state index contributed by atoms with van der Waals surface area (Å²) in [6, 6.07) is 7.64. The molecule has 0 spiro atoms. The van der Waals surface area contributed by atoms with Crippen LogP contribution in [-0.4, -0.2) is 44.7 Å². The number of amides is 1. The van der Waals surface area contributed by atoms with E-state index in [0.29, 0.717) is 25.5 Å². The van der Waals surface area contributed by atoms with Gasteiger partial charge in [-0.2, -0.15) is 0 Å². The van der Waals surface area contributed by atoms with Crippen molar-refractivity contribution in [1.29, 1.82) is 0 Å². The molecule has 20 heavy (non-hydrogen) atoms. The quantitative estimate of drug-likeness (QED) is 0.733. The smallest absolute Gasteiger partial charge is 0.227 e.